The fourth-order valence-electron chi connectivity index (χ4n) is 1.34. The summed E-state index contributed by atoms with van der Waals surface area (Å²) < 4.78 is 2.22. The molecule has 2 aromatic rings. The SMILES string of the molecule is Cn1c(Br)c(C#N)c2c(=O)[nH]cnc21. The molecule has 1 N–H and O–H groups in total. The molecule has 0 atom stereocenters. The number of nitrogens with one attached hydrogen (secondary N) is 1. The van der Waals surface area contributed by atoms with E-state index in [1.165, 1.54) is 6.33 Å². The molecule has 0 aliphatic rings. The third-order valence-electron chi connectivity index (χ3n) is 2.01. The minimum atomic E-state index is -0.298. The van der Waals surface area contributed by atoms with E-state index in [4.69, 9.17) is 5.26 Å². The molecule has 70 valence electrons. The summed E-state index contributed by atoms with van der Waals surface area (Å²) in [7, 11) is 1.74. The van der Waals surface area contributed by atoms with Crippen LogP contribution in [0, 0.1) is 11.3 Å². The van der Waals surface area contributed by atoms with E-state index in [2.05, 4.69) is 25.9 Å². The summed E-state index contributed by atoms with van der Waals surface area (Å²) in [5.41, 5.74) is 0.516. The second-order valence-electron chi connectivity index (χ2n) is 2.77. The van der Waals surface area contributed by atoms with Gasteiger partial charge < -0.3 is 9.55 Å². The summed E-state index contributed by atoms with van der Waals surface area (Å²) in [6.45, 7) is 0. The molecule has 0 saturated carbocycles. The van der Waals surface area contributed by atoms with Gasteiger partial charge in [0.2, 0.25) is 0 Å². The predicted octanol–water partition coefficient (Wildman–Crippen LogP) is 0.896. The average molecular weight is 253 g/mol. The van der Waals surface area contributed by atoms with Crippen LogP contribution in [0.25, 0.3) is 11.0 Å². The molecule has 0 amide bonds. The number of fused-ring (bicyclic) bond motifs is 1. The van der Waals surface area contributed by atoms with Gasteiger partial charge in [0.05, 0.1) is 11.9 Å². The fourth-order valence-corrected chi connectivity index (χ4v) is 1.79. The highest BCUT2D eigenvalue weighted by Gasteiger charge is 2.16. The molecule has 0 bridgehead atoms. The van der Waals surface area contributed by atoms with Crippen LogP contribution in [0.1, 0.15) is 5.56 Å². The van der Waals surface area contributed by atoms with Gasteiger partial charge in [0.1, 0.15) is 21.7 Å². The number of aromatic nitrogens is 3. The molecule has 14 heavy (non-hydrogen) atoms. The average Bonchev–Trinajstić information content (AvgIpc) is 2.43. The van der Waals surface area contributed by atoms with Gasteiger partial charge in [-0.2, -0.15) is 5.26 Å². The number of nitrogens with zero attached hydrogens (tertiary/aromatic N) is 3. The first-order chi connectivity index (χ1) is 6.66. The van der Waals surface area contributed by atoms with Crippen molar-refractivity contribution in [3.63, 3.8) is 0 Å². The first kappa shape index (κ1) is 8.97. The number of rotatable bonds is 0. The van der Waals surface area contributed by atoms with E-state index in [0.717, 1.165) is 0 Å². The summed E-state index contributed by atoms with van der Waals surface area (Å²) in [5.74, 6) is 0. The number of hydrogen-bond acceptors (Lipinski definition) is 3. The van der Waals surface area contributed by atoms with Crippen molar-refractivity contribution in [1.82, 2.24) is 14.5 Å². The van der Waals surface area contributed by atoms with E-state index >= 15 is 0 Å². The van der Waals surface area contributed by atoms with Crippen molar-refractivity contribution in [1.29, 1.82) is 5.26 Å². The summed E-state index contributed by atoms with van der Waals surface area (Å²) >= 11 is 3.24. The Hall–Kier alpha value is -1.61. The number of aryl methyl sites for hydroxylation is 1. The highest BCUT2D eigenvalue weighted by molar-refractivity contribution is 9.10. The first-order valence-electron chi connectivity index (χ1n) is 3.78. The maximum absolute atomic E-state index is 11.4. The zero-order chi connectivity index (χ0) is 10.3. The summed E-state index contributed by atoms with van der Waals surface area (Å²) in [6, 6.07) is 1.97. The van der Waals surface area contributed by atoms with Gasteiger partial charge in [0.15, 0.2) is 0 Å². The standard InChI is InChI=1S/C8H5BrN4O/c1-13-6(9)4(2-10)5-7(13)11-3-12-8(5)14/h3H,1H3,(H,11,12,14). The Bertz CT molecular complexity index is 604. The first-order valence-corrected chi connectivity index (χ1v) is 4.57. The third kappa shape index (κ3) is 0.992. The molecule has 0 spiro atoms. The van der Waals surface area contributed by atoms with Crippen LogP contribution in [0.15, 0.2) is 15.7 Å². The number of aromatic amines is 1. The maximum Gasteiger partial charge on any atom is 0.261 e. The lowest BCUT2D eigenvalue weighted by molar-refractivity contribution is 0.915. The zero-order valence-electron chi connectivity index (χ0n) is 7.21. The van der Waals surface area contributed by atoms with Crippen LogP contribution >= 0.6 is 15.9 Å². The molecule has 2 aromatic heterocycles. The van der Waals surface area contributed by atoms with Crippen molar-refractivity contribution in [3.05, 3.63) is 26.8 Å². The topological polar surface area (TPSA) is 74.5 Å². The van der Waals surface area contributed by atoms with Gasteiger partial charge in [-0.05, 0) is 15.9 Å². The Morgan fingerprint density at radius 3 is 3.07 bits per heavy atom. The van der Waals surface area contributed by atoms with E-state index in [-0.39, 0.29) is 5.56 Å². The van der Waals surface area contributed by atoms with E-state index in [1.807, 2.05) is 6.07 Å². The Labute approximate surface area is 87.1 Å². The van der Waals surface area contributed by atoms with Crippen LogP contribution in [-0.2, 0) is 7.05 Å². The third-order valence-corrected chi connectivity index (χ3v) is 2.94. The minimum absolute atomic E-state index is 0.298. The lowest BCUT2D eigenvalue weighted by Crippen LogP contribution is -2.06. The largest absolute Gasteiger partial charge is 0.322 e. The lowest BCUT2D eigenvalue weighted by atomic mass is 10.3. The number of halogens is 1. The normalized spacial score (nSPS) is 10.4. The van der Waals surface area contributed by atoms with Gasteiger partial charge in [0, 0.05) is 7.05 Å². The molecular weight excluding hydrogens is 248 g/mol. The van der Waals surface area contributed by atoms with Crippen molar-refractivity contribution in [2.75, 3.05) is 0 Å². The van der Waals surface area contributed by atoms with E-state index in [9.17, 15) is 4.79 Å². The highest BCUT2D eigenvalue weighted by Crippen LogP contribution is 2.24. The van der Waals surface area contributed by atoms with Crippen LogP contribution in [0.5, 0.6) is 0 Å². The minimum Gasteiger partial charge on any atom is -0.322 e. The van der Waals surface area contributed by atoms with E-state index in [1.54, 1.807) is 11.6 Å². The molecule has 0 fully saturated rings. The van der Waals surface area contributed by atoms with Crippen molar-refractivity contribution in [2.45, 2.75) is 0 Å². The molecule has 2 heterocycles. The van der Waals surface area contributed by atoms with Gasteiger partial charge in [-0.3, -0.25) is 4.79 Å². The predicted molar refractivity (Wildman–Crippen MR) is 53.7 cm³/mol. The summed E-state index contributed by atoms with van der Waals surface area (Å²) in [4.78, 5) is 17.9. The van der Waals surface area contributed by atoms with Crippen LogP contribution in [0.2, 0.25) is 0 Å². The van der Waals surface area contributed by atoms with E-state index < -0.39 is 0 Å². The number of hydrogen-bond donors (Lipinski definition) is 1. The molecule has 2 rings (SSSR count). The summed E-state index contributed by atoms with van der Waals surface area (Å²) in [6.07, 6.45) is 1.32. The maximum atomic E-state index is 11.4. The number of H-pyrrole nitrogens is 1. The molecule has 0 aliphatic heterocycles. The van der Waals surface area contributed by atoms with Gasteiger partial charge in [-0.15, -0.1) is 0 Å². The summed E-state index contributed by atoms with van der Waals surface area (Å²) in [5, 5.41) is 9.20. The Morgan fingerprint density at radius 1 is 1.71 bits per heavy atom. The molecular formula is C8H5BrN4O. The monoisotopic (exact) mass is 252 g/mol. The Balaban J connectivity index is 3.14. The molecule has 5 nitrogen and oxygen atoms in total. The quantitative estimate of drug-likeness (QED) is 0.757. The van der Waals surface area contributed by atoms with Crippen LogP contribution in [-0.4, -0.2) is 14.5 Å². The van der Waals surface area contributed by atoms with Crippen molar-refractivity contribution in [2.24, 2.45) is 7.05 Å². The fraction of sp³-hybridized carbons (Fsp3) is 0.125. The zero-order valence-corrected chi connectivity index (χ0v) is 8.79. The van der Waals surface area contributed by atoms with Crippen LogP contribution in [0.3, 0.4) is 0 Å². The van der Waals surface area contributed by atoms with Gasteiger partial charge in [-0.25, -0.2) is 4.98 Å². The highest BCUT2D eigenvalue weighted by atomic mass is 79.9. The molecule has 0 saturated heterocycles. The Kier molecular flexibility index (Phi) is 1.89. The van der Waals surface area contributed by atoms with Gasteiger partial charge in [-0.1, -0.05) is 0 Å². The Morgan fingerprint density at radius 2 is 2.43 bits per heavy atom. The smallest absolute Gasteiger partial charge is 0.261 e. The van der Waals surface area contributed by atoms with Crippen LogP contribution in [0.4, 0.5) is 0 Å². The van der Waals surface area contributed by atoms with Gasteiger partial charge in [0.25, 0.3) is 5.56 Å². The van der Waals surface area contributed by atoms with Crippen molar-refractivity contribution < 1.29 is 0 Å². The van der Waals surface area contributed by atoms with Crippen molar-refractivity contribution >= 4 is 27.0 Å². The lowest BCUT2D eigenvalue weighted by Gasteiger charge is -1.93. The molecule has 0 unspecified atom stereocenters. The van der Waals surface area contributed by atoms with Crippen molar-refractivity contribution in [3.8, 4) is 6.07 Å². The van der Waals surface area contributed by atoms with E-state index in [0.29, 0.717) is 21.2 Å². The second-order valence-corrected chi connectivity index (χ2v) is 3.52. The number of nitriles is 1. The molecule has 0 radical (unpaired) electrons. The molecule has 0 aliphatic carbocycles. The van der Waals surface area contributed by atoms with Gasteiger partial charge >= 0.3 is 0 Å². The second kappa shape index (κ2) is 2.96. The molecule has 0 aromatic carbocycles. The van der Waals surface area contributed by atoms with Crippen LogP contribution < -0.4 is 5.56 Å². The molecule has 6 heteroatoms.